The third-order valence-corrected chi connectivity index (χ3v) is 2.77. The van der Waals surface area contributed by atoms with Crippen molar-refractivity contribution in [3.8, 4) is 0 Å². The average molecular weight is 361 g/mol. The summed E-state index contributed by atoms with van der Waals surface area (Å²) in [6.07, 6.45) is -12.6. The van der Waals surface area contributed by atoms with Crippen LogP contribution in [0.2, 0.25) is 0 Å². The van der Waals surface area contributed by atoms with Gasteiger partial charge in [-0.15, -0.1) is 5.10 Å². The van der Waals surface area contributed by atoms with Crippen LogP contribution in [0, 0.1) is 0 Å². The van der Waals surface area contributed by atoms with Crippen molar-refractivity contribution >= 4 is 0 Å². The summed E-state index contributed by atoms with van der Waals surface area (Å²) in [5.74, 6) is -12.0. The van der Waals surface area contributed by atoms with Gasteiger partial charge in [-0.2, -0.15) is 43.9 Å². The summed E-state index contributed by atoms with van der Waals surface area (Å²) in [7, 11) is 0. The molecule has 0 saturated carbocycles. The molecule has 1 aromatic heterocycles. The number of halogens is 10. The van der Waals surface area contributed by atoms with E-state index >= 15 is 0 Å². The molecule has 0 atom stereocenters. The summed E-state index contributed by atoms with van der Waals surface area (Å²) in [6, 6.07) is 0. The molecule has 0 radical (unpaired) electrons. The summed E-state index contributed by atoms with van der Waals surface area (Å²) in [5, 5.41) is 4.87. The molecule has 13 heteroatoms. The fourth-order valence-electron chi connectivity index (χ4n) is 1.57. The Hall–Kier alpha value is -1.56. The van der Waals surface area contributed by atoms with E-state index in [9.17, 15) is 43.9 Å². The summed E-state index contributed by atoms with van der Waals surface area (Å²) in [4.78, 5) is 0. The van der Waals surface area contributed by atoms with Crippen LogP contribution in [0.3, 0.4) is 0 Å². The molecule has 0 bridgehead atoms. The lowest BCUT2D eigenvalue weighted by Crippen LogP contribution is -2.41. The number of rotatable bonds is 5. The molecule has 3 nitrogen and oxygen atoms in total. The molecule has 0 amide bonds. The molecule has 1 aromatic rings. The summed E-state index contributed by atoms with van der Waals surface area (Å²) >= 11 is 0. The second kappa shape index (κ2) is 5.82. The Kier molecular flexibility index (Phi) is 4.93. The van der Waals surface area contributed by atoms with E-state index in [0.717, 1.165) is 0 Å². The van der Waals surface area contributed by atoms with Crippen LogP contribution in [0.4, 0.5) is 43.9 Å². The van der Waals surface area contributed by atoms with Gasteiger partial charge in [0.2, 0.25) is 0 Å². The van der Waals surface area contributed by atoms with Gasteiger partial charge in [0, 0.05) is 6.54 Å². The lowest BCUT2D eigenvalue weighted by atomic mass is 10.1. The van der Waals surface area contributed by atoms with Crippen molar-refractivity contribution in [1.82, 2.24) is 15.0 Å². The summed E-state index contributed by atoms with van der Waals surface area (Å²) < 4.78 is 127. The number of unbranched alkanes of at least 4 members (excludes halogenated alkanes) is 1. The highest BCUT2D eigenvalue weighted by atomic mass is 19.4. The quantitative estimate of drug-likeness (QED) is 0.729. The molecule has 0 unspecified atom stereocenters. The predicted molar refractivity (Wildman–Crippen MR) is 54.8 cm³/mol. The Bertz CT molecular complexity index is 542. The number of hydrogen-bond acceptors (Lipinski definition) is 2. The lowest BCUT2D eigenvalue weighted by Gasteiger charge is -2.24. The van der Waals surface area contributed by atoms with Gasteiger partial charge in [0.1, 0.15) is 5.69 Å². The molecule has 0 aromatic carbocycles. The van der Waals surface area contributed by atoms with Gasteiger partial charge in [0.05, 0.1) is 0 Å². The third-order valence-electron chi connectivity index (χ3n) is 2.77. The minimum absolute atomic E-state index is 0.0820. The maximum absolute atomic E-state index is 13.4. The van der Waals surface area contributed by atoms with Gasteiger partial charge in [-0.1, -0.05) is 18.6 Å². The first kappa shape index (κ1) is 19.5. The molecule has 0 spiro atoms. The molecule has 0 aliphatic rings. The number of aryl methyl sites for hydroxylation is 1. The van der Waals surface area contributed by atoms with Crippen molar-refractivity contribution in [3.05, 3.63) is 11.4 Å². The minimum atomic E-state index is -6.41. The van der Waals surface area contributed by atoms with Crippen LogP contribution < -0.4 is 0 Å². The minimum Gasteiger partial charge on any atom is -0.242 e. The molecule has 1 rings (SSSR count). The SMILES string of the molecule is CCCCn1nnc(C(F)(F)C(F)(F)F)c1C(F)(F)C(F)(F)F. The zero-order chi connectivity index (χ0) is 18.3. The van der Waals surface area contributed by atoms with Crippen LogP contribution in [0.25, 0.3) is 0 Å². The molecule has 1 heterocycles. The summed E-state index contributed by atoms with van der Waals surface area (Å²) in [5.41, 5.74) is -5.37. The molecule has 134 valence electrons. The fraction of sp³-hybridized carbons (Fsp3) is 0.800. The molecular formula is C10H9F10N3. The lowest BCUT2D eigenvalue weighted by molar-refractivity contribution is -0.304. The van der Waals surface area contributed by atoms with Gasteiger partial charge < -0.3 is 0 Å². The number of alkyl halides is 10. The highest BCUT2D eigenvalue weighted by Gasteiger charge is 2.68. The van der Waals surface area contributed by atoms with E-state index in [2.05, 4.69) is 10.3 Å². The molecule has 0 aliphatic carbocycles. The highest BCUT2D eigenvalue weighted by Crippen LogP contribution is 2.51. The Morgan fingerprint density at radius 1 is 0.826 bits per heavy atom. The van der Waals surface area contributed by atoms with Crippen molar-refractivity contribution in [2.45, 2.75) is 50.5 Å². The molecule has 0 saturated heterocycles. The molecular weight excluding hydrogens is 352 g/mol. The Morgan fingerprint density at radius 2 is 1.30 bits per heavy atom. The molecule has 0 aliphatic heterocycles. The fourth-order valence-corrected chi connectivity index (χ4v) is 1.57. The smallest absolute Gasteiger partial charge is 0.242 e. The van der Waals surface area contributed by atoms with Crippen molar-refractivity contribution in [3.63, 3.8) is 0 Å². The van der Waals surface area contributed by atoms with Crippen molar-refractivity contribution in [2.75, 3.05) is 0 Å². The zero-order valence-corrected chi connectivity index (χ0v) is 11.2. The van der Waals surface area contributed by atoms with Gasteiger partial charge in [-0.3, -0.25) is 0 Å². The van der Waals surface area contributed by atoms with E-state index in [1.165, 1.54) is 6.92 Å². The van der Waals surface area contributed by atoms with E-state index in [-0.39, 0.29) is 17.5 Å². The number of hydrogen-bond donors (Lipinski definition) is 0. The van der Waals surface area contributed by atoms with Crippen LogP contribution in [0.5, 0.6) is 0 Å². The monoisotopic (exact) mass is 361 g/mol. The van der Waals surface area contributed by atoms with Crippen LogP contribution >= 0.6 is 0 Å². The predicted octanol–water partition coefficient (Wildman–Crippen LogP) is 4.39. The second-order valence-electron chi connectivity index (χ2n) is 4.51. The largest absolute Gasteiger partial charge is 0.459 e. The first-order valence-corrected chi connectivity index (χ1v) is 6.01. The van der Waals surface area contributed by atoms with Crippen molar-refractivity contribution in [2.24, 2.45) is 0 Å². The third kappa shape index (κ3) is 3.37. The van der Waals surface area contributed by atoms with Crippen LogP contribution in [0.15, 0.2) is 0 Å². The molecule has 0 N–H and O–H groups in total. The molecule has 23 heavy (non-hydrogen) atoms. The standard InChI is InChI=1S/C10H9F10N3/c1-2-3-4-23-6(8(13,14)10(18,19)20)5(21-22-23)7(11,12)9(15,16)17/h2-4H2,1H3. The van der Waals surface area contributed by atoms with E-state index in [1.807, 2.05) is 0 Å². The van der Waals surface area contributed by atoms with Gasteiger partial charge >= 0.3 is 24.2 Å². The van der Waals surface area contributed by atoms with Crippen molar-refractivity contribution in [1.29, 1.82) is 0 Å². The van der Waals surface area contributed by atoms with Gasteiger partial charge in [0.25, 0.3) is 0 Å². The van der Waals surface area contributed by atoms with Gasteiger partial charge in [-0.25, -0.2) is 4.68 Å². The van der Waals surface area contributed by atoms with Gasteiger partial charge in [-0.05, 0) is 6.42 Å². The first-order valence-electron chi connectivity index (χ1n) is 6.01. The normalized spacial score (nSPS) is 14.4. The maximum Gasteiger partial charge on any atom is 0.459 e. The van der Waals surface area contributed by atoms with Crippen LogP contribution in [-0.4, -0.2) is 27.3 Å². The van der Waals surface area contributed by atoms with E-state index in [1.54, 1.807) is 0 Å². The first-order chi connectivity index (χ1) is 10.2. The van der Waals surface area contributed by atoms with Crippen LogP contribution in [-0.2, 0) is 18.4 Å². The number of nitrogens with zero attached hydrogens (tertiary/aromatic N) is 3. The zero-order valence-electron chi connectivity index (χ0n) is 11.2. The second-order valence-corrected chi connectivity index (χ2v) is 4.51. The highest BCUT2D eigenvalue weighted by molar-refractivity contribution is 5.24. The Balaban J connectivity index is 3.60. The van der Waals surface area contributed by atoms with E-state index < -0.39 is 42.1 Å². The number of aromatic nitrogens is 3. The Labute approximate surface area is 122 Å². The Morgan fingerprint density at radius 3 is 1.70 bits per heavy atom. The van der Waals surface area contributed by atoms with Crippen LogP contribution in [0.1, 0.15) is 31.2 Å². The maximum atomic E-state index is 13.4. The van der Waals surface area contributed by atoms with Gasteiger partial charge in [0.15, 0.2) is 5.69 Å². The van der Waals surface area contributed by atoms with E-state index in [4.69, 9.17) is 0 Å². The van der Waals surface area contributed by atoms with E-state index in [0.29, 0.717) is 0 Å². The van der Waals surface area contributed by atoms with Crippen molar-refractivity contribution < 1.29 is 43.9 Å². The summed E-state index contributed by atoms with van der Waals surface area (Å²) in [6.45, 7) is 0.766. The average Bonchev–Trinajstić information content (AvgIpc) is 2.78. The topological polar surface area (TPSA) is 30.7 Å². The molecule has 0 fully saturated rings.